The lowest BCUT2D eigenvalue weighted by molar-refractivity contribution is 0.0780. The first-order chi connectivity index (χ1) is 19.8. The smallest absolute Gasteiger partial charge is 0.270 e. The van der Waals surface area contributed by atoms with Crippen LogP contribution in [0.3, 0.4) is 0 Å². The number of carbonyl (C=O) groups excluding carboxylic acids is 2. The molecule has 4 aromatic rings. The Morgan fingerprint density at radius 3 is 2.37 bits per heavy atom. The molecule has 0 atom stereocenters. The Hall–Kier alpha value is -4.36. The van der Waals surface area contributed by atoms with Crippen molar-refractivity contribution in [3.05, 3.63) is 107 Å². The van der Waals surface area contributed by atoms with Crippen molar-refractivity contribution in [2.75, 3.05) is 46.2 Å². The van der Waals surface area contributed by atoms with Crippen molar-refractivity contribution in [2.24, 2.45) is 0 Å². The zero-order valence-corrected chi connectivity index (χ0v) is 24.6. The lowest BCUT2D eigenvalue weighted by Crippen LogP contribution is -2.32. The van der Waals surface area contributed by atoms with Crippen molar-refractivity contribution < 1.29 is 14.3 Å². The average Bonchev–Trinajstić information content (AvgIpc) is 3.28. The van der Waals surface area contributed by atoms with E-state index in [2.05, 4.69) is 9.47 Å². The Kier molecular flexibility index (Phi) is 8.26. The van der Waals surface area contributed by atoms with E-state index in [1.807, 2.05) is 112 Å². The number of aromatic nitrogens is 1. The molecule has 0 saturated heterocycles. The molecule has 0 fully saturated rings. The average molecular weight is 551 g/mol. The topological polar surface area (TPSA) is 58.0 Å². The van der Waals surface area contributed by atoms with Gasteiger partial charge in [0.2, 0.25) is 0 Å². The third-order valence-electron chi connectivity index (χ3n) is 7.78. The minimum Gasteiger partial charge on any atom is -0.496 e. The number of fused-ring (bicyclic) bond motifs is 2. The van der Waals surface area contributed by atoms with Crippen molar-refractivity contribution in [1.29, 1.82) is 0 Å². The number of amides is 2. The second-order valence-corrected chi connectivity index (χ2v) is 10.9. The van der Waals surface area contributed by atoms with Crippen LogP contribution in [-0.4, -0.2) is 67.5 Å². The first-order valence-corrected chi connectivity index (χ1v) is 14.0. The largest absolute Gasteiger partial charge is 0.496 e. The zero-order valence-electron chi connectivity index (χ0n) is 24.6. The molecule has 3 aromatic carbocycles. The predicted molar refractivity (Wildman–Crippen MR) is 164 cm³/mol. The standard InChI is InChI=1S/C34H38N4O3/c1-24-21-25(15-17-28(24)29-12-7-9-14-32(29)41-5)33(39)38-23-27-16-18-31(34(40)36(4)20-10-19-35(2)3)37(27)22-26-11-6-8-13-30(26)38/h6-9,11-18,21H,10,19-20,22-23H2,1-5H3. The van der Waals surface area contributed by atoms with Gasteiger partial charge >= 0.3 is 0 Å². The fraction of sp³-hybridized carbons (Fsp3) is 0.294. The van der Waals surface area contributed by atoms with E-state index in [-0.39, 0.29) is 11.8 Å². The molecular weight excluding hydrogens is 512 g/mol. The van der Waals surface area contributed by atoms with Gasteiger partial charge in [-0.3, -0.25) is 9.59 Å². The molecule has 1 aliphatic rings. The van der Waals surface area contributed by atoms with Gasteiger partial charge in [0.05, 0.1) is 20.2 Å². The summed E-state index contributed by atoms with van der Waals surface area (Å²) < 4.78 is 7.63. The summed E-state index contributed by atoms with van der Waals surface area (Å²) in [6.45, 7) is 4.53. The Morgan fingerprint density at radius 1 is 0.854 bits per heavy atom. The first kappa shape index (κ1) is 28.2. The van der Waals surface area contributed by atoms with E-state index < -0.39 is 0 Å². The third-order valence-corrected chi connectivity index (χ3v) is 7.78. The van der Waals surface area contributed by atoms with E-state index in [1.54, 1.807) is 12.0 Å². The number of aryl methyl sites for hydroxylation is 1. The fourth-order valence-electron chi connectivity index (χ4n) is 5.57. The van der Waals surface area contributed by atoms with Crippen LogP contribution < -0.4 is 9.64 Å². The van der Waals surface area contributed by atoms with Gasteiger partial charge in [-0.2, -0.15) is 0 Å². The monoisotopic (exact) mass is 550 g/mol. The summed E-state index contributed by atoms with van der Waals surface area (Å²) >= 11 is 0. The number of para-hydroxylation sites is 2. The van der Waals surface area contributed by atoms with Crippen LogP contribution in [0.2, 0.25) is 0 Å². The summed E-state index contributed by atoms with van der Waals surface area (Å²) in [5, 5.41) is 0. The molecule has 5 rings (SSSR count). The quantitative estimate of drug-likeness (QED) is 0.282. The molecular formula is C34H38N4O3. The number of hydrogen-bond acceptors (Lipinski definition) is 4. The summed E-state index contributed by atoms with van der Waals surface area (Å²) in [5.74, 6) is 0.718. The Morgan fingerprint density at radius 2 is 1.61 bits per heavy atom. The minimum absolute atomic E-state index is 0.00480. The molecule has 7 heteroatoms. The molecule has 0 saturated carbocycles. The Bertz CT molecular complexity index is 1570. The van der Waals surface area contributed by atoms with Gasteiger partial charge in [-0.1, -0.05) is 42.5 Å². The molecule has 212 valence electrons. The predicted octanol–water partition coefficient (Wildman–Crippen LogP) is 5.70. The summed E-state index contributed by atoms with van der Waals surface area (Å²) in [4.78, 5) is 33.3. The third kappa shape index (κ3) is 5.77. The summed E-state index contributed by atoms with van der Waals surface area (Å²) in [6, 6.07) is 25.6. The van der Waals surface area contributed by atoms with Crippen molar-refractivity contribution >= 4 is 17.5 Å². The Balaban J connectivity index is 1.45. The van der Waals surface area contributed by atoms with Crippen LogP contribution in [0.5, 0.6) is 5.75 Å². The number of benzene rings is 3. The van der Waals surface area contributed by atoms with Crippen LogP contribution in [0.15, 0.2) is 78.9 Å². The van der Waals surface area contributed by atoms with Crippen molar-refractivity contribution in [2.45, 2.75) is 26.4 Å². The fourth-order valence-corrected chi connectivity index (χ4v) is 5.57. The summed E-state index contributed by atoms with van der Waals surface area (Å²) in [6.07, 6.45) is 0.906. The molecule has 1 aliphatic heterocycles. The minimum atomic E-state index is -0.0737. The van der Waals surface area contributed by atoms with Gasteiger partial charge < -0.3 is 24.0 Å². The van der Waals surface area contributed by atoms with E-state index in [1.165, 1.54) is 0 Å². The Labute approximate surface area is 242 Å². The van der Waals surface area contributed by atoms with E-state index in [0.717, 1.165) is 52.4 Å². The molecule has 2 amide bonds. The molecule has 1 aromatic heterocycles. The number of methoxy groups -OCH3 is 1. The van der Waals surface area contributed by atoms with E-state index in [0.29, 0.717) is 30.9 Å². The highest BCUT2D eigenvalue weighted by Gasteiger charge is 2.28. The van der Waals surface area contributed by atoms with Gasteiger partial charge in [-0.05, 0) is 87.1 Å². The maximum absolute atomic E-state index is 14.1. The number of hydrogen-bond donors (Lipinski definition) is 0. The van der Waals surface area contributed by atoms with Gasteiger partial charge in [0, 0.05) is 36.1 Å². The van der Waals surface area contributed by atoms with Gasteiger partial charge in [-0.15, -0.1) is 0 Å². The maximum atomic E-state index is 14.1. The number of carbonyl (C=O) groups is 2. The van der Waals surface area contributed by atoms with Crippen LogP contribution in [-0.2, 0) is 13.1 Å². The van der Waals surface area contributed by atoms with Crippen molar-refractivity contribution in [1.82, 2.24) is 14.4 Å². The molecule has 0 aliphatic carbocycles. The van der Waals surface area contributed by atoms with Crippen LogP contribution in [0, 0.1) is 6.92 Å². The molecule has 7 nitrogen and oxygen atoms in total. The van der Waals surface area contributed by atoms with Crippen molar-refractivity contribution in [3.63, 3.8) is 0 Å². The lowest BCUT2D eigenvalue weighted by atomic mass is 9.97. The second kappa shape index (κ2) is 12.0. The molecule has 41 heavy (non-hydrogen) atoms. The van der Waals surface area contributed by atoms with Crippen LogP contribution >= 0.6 is 0 Å². The number of ether oxygens (including phenoxy) is 1. The molecule has 0 spiro atoms. The molecule has 0 radical (unpaired) electrons. The van der Waals surface area contributed by atoms with Gasteiger partial charge in [0.15, 0.2) is 0 Å². The highest BCUT2D eigenvalue weighted by molar-refractivity contribution is 6.07. The number of anilines is 1. The number of nitrogens with zero attached hydrogens (tertiary/aromatic N) is 4. The van der Waals surface area contributed by atoms with Crippen LogP contribution in [0.1, 0.15) is 44.1 Å². The van der Waals surface area contributed by atoms with Crippen LogP contribution in [0.25, 0.3) is 11.1 Å². The van der Waals surface area contributed by atoms with Gasteiger partial charge in [0.1, 0.15) is 11.4 Å². The van der Waals surface area contributed by atoms with Gasteiger partial charge in [-0.25, -0.2) is 0 Å². The highest BCUT2D eigenvalue weighted by atomic mass is 16.5. The van der Waals surface area contributed by atoms with Gasteiger partial charge in [0.25, 0.3) is 11.8 Å². The maximum Gasteiger partial charge on any atom is 0.270 e. The SMILES string of the molecule is COc1ccccc1-c1ccc(C(=O)N2Cc3ccc(C(=O)N(C)CCCN(C)C)n3Cc3ccccc32)cc1C. The van der Waals surface area contributed by atoms with Crippen LogP contribution in [0.4, 0.5) is 5.69 Å². The molecule has 0 N–H and O–H groups in total. The second-order valence-electron chi connectivity index (χ2n) is 10.9. The van der Waals surface area contributed by atoms with E-state index in [9.17, 15) is 9.59 Å². The molecule has 0 bridgehead atoms. The summed E-state index contributed by atoms with van der Waals surface area (Å²) in [5.41, 5.74) is 7.09. The first-order valence-electron chi connectivity index (χ1n) is 14.0. The molecule has 0 unspecified atom stereocenters. The number of rotatable bonds is 8. The lowest BCUT2D eigenvalue weighted by Gasteiger charge is -2.23. The zero-order chi connectivity index (χ0) is 29.1. The van der Waals surface area contributed by atoms with Crippen molar-refractivity contribution in [3.8, 4) is 16.9 Å². The highest BCUT2D eigenvalue weighted by Crippen LogP contribution is 2.34. The normalized spacial score (nSPS) is 12.5. The van der Waals surface area contributed by atoms with E-state index >= 15 is 0 Å². The summed E-state index contributed by atoms with van der Waals surface area (Å²) in [7, 11) is 7.60. The van der Waals surface area contributed by atoms with E-state index in [4.69, 9.17) is 4.74 Å². The molecule has 2 heterocycles.